The lowest BCUT2D eigenvalue weighted by Crippen LogP contribution is -2.34. The van der Waals surface area contributed by atoms with Gasteiger partial charge >= 0.3 is 11.9 Å². The van der Waals surface area contributed by atoms with Crippen LogP contribution in [0.25, 0.3) is 0 Å². The molecule has 0 radical (unpaired) electrons. The highest BCUT2D eigenvalue weighted by Crippen LogP contribution is 2.10. The second-order valence-corrected chi connectivity index (χ2v) is 4.16. The maximum atomic E-state index is 10.9. The van der Waals surface area contributed by atoms with E-state index in [4.69, 9.17) is 22.4 Å². The Kier molecular flexibility index (Phi) is 7.40. The lowest BCUT2D eigenvalue weighted by Gasteiger charge is -2.21. The molecule has 0 fully saturated rings. The molecular formula is C10H17NO5S. The van der Waals surface area contributed by atoms with Gasteiger partial charge in [-0.15, -0.1) is 0 Å². The van der Waals surface area contributed by atoms with Crippen LogP contribution in [0.1, 0.15) is 32.6 Å². The van der Waals surface area contributed by atoms with E-state index in [-0.39, 0.29) is 24.4 Å². The van der Waals surface area contributed by atoms with Gasteiger partial charge in [-0.1, -0.05) is 19.1 Å². The number of rotatable bonds is 8. The van der Waals surface area contributed by atoms with E-state index in [1.165, 1.54) is 0 Å². The zero-order chi connectivity index (χ0) is 13.4. The van der Waals surface area contributed by atoms with Gasteiger partial charge < -0.3 is 10.2 Å². The smallest absolute Gasteiger partial charge is 0.308 e. The predicted molar refractivity (Wildman–Crippen MR) is 64.0 cm³/mol. The van der Waals surface area contributed by atoms with Crippen LogP contribution in [0.2, 0.25) is 0 Å². The Morgan fingerprint density at radius 2 is 1.88 bits per heavy atom. The monoisotopic (exact) mass is 263 g/mol. The van der Waals surface area contributed by atoms with E-state index in [0.717, 1.165) is 11.5 Å². The molecule has 17 heavy (non-hydrogen) atoms. The van der Waals surface area contributed by atoms with E-state index < -0.39 is 17.9 Å². The second-order valence-electron chi connectivity index (χ2n) is 3.69. The number of hydrogen-bond acceptors (Lipinski definition) is 4. The first kappa shape index (κ1) is 15.8. The Morgan fingerprint density at radius 3 is 2.29 bits per heavy atom. The van der Waals surface area contributed by atoms with Crippen molar-refractivity contribution >= 4 is 29.1 Å². The van der Waals surface area contributed by atoms with Crippen molar-refractivity contribution in [3.8, 4) is 0 Å². The summed E-state index contributed by atoms with van der Waals surface area (Å²) in [6.07, 6.45) is 0.974. The highest BCUT2D eigenvalue weighted by atomic mass is 32.1. The number of carboxylic acid groups (broad SMARTS) is 2. The number of carbonyl (C=O) groups is 2. The largest absolute Gasteiger partial charge is 0.481 e. The first-order chi connectivity index (χ1) is 7.88. The quantitative estimate of drug-likeness (QED) is 0.449. The number of thiocarbonyl (C=S) groups is 1. The Bertz CT molecular complexity index is 294. The average molecular weight is 263 g/mol. The second kappa shape index (κ2) is 7.97. The van der Waals surface area contributed by atoms with Crippen LogP contribution in [0.5, 0.6) is 0 Å². The topological polar surface area (TPSA) is 98.1 Å². The fourth-order valence-electron chi connectivity index (χ4n) is 1.24. The van der Waals surface area contributed by atoms with Crippen LogP contribution >= 0.6 is 12.2 Å². The van der Waals surface area contributed by atoms with E-state index in [0.29, 0.717) is 6.42 Å². The van der Waals surface area contributed by atoms with Gasteiger partial charge in [0.1, 0.15) is 4.99 Å². The Labute approximate surface area is 105 Å². The zero-order valence-electron chi connectivity index (χ0n) is 9.63. The summed E-state index contributed by atoms with van der Waals surface area (Å²) in [7, 11) is 0. The SMILES string of the molecule is CCCC(=S)N(O)CC(CCC(=O)O)C(=O)O. The average Bonchev–Trinajstić information content (AvgIpc) is 2.23. The predicted octanol–water partition coefficient (Wildman–Crippen LogP) is 1.37. The molecule has 0 saturated carbocycles. The van der Waals surface area contributed by atoms with Crippen LogP contribution in [-0.2, 0) is 9.59 Å². The van der Waals surface area contributed by atoms with Crippen molar-refractivity contribution in [2.24, 2.45) is 5.92 Å². The van der Waals surface area contributed by atoms with Crippen molar-refractivity contribution in [2.45, 2.75) is 32.6 Å². The number of aliphatic carboxylic acids is 2. The van der Waals surface area contributed by atoms with Gasteiger partial charge in [0.15, 0.2) is 0 Å². The van der Waals surface area contributed by atoms with Crippen LogP contribution < -0.4 is 0 Å². The molecule has 0 rings (SSSR count). The maximum Gasteiger partial charge on any atom is 0.308 e. The molecule has 98 valence electrons. The van der Waals surface area contributed by atoms with Gasteiger partial charge in [0, 0.05) is 6.42 Å². The van der Waals surface area contributed by atoms with Crippen LogP contribution in [-0.4, -0.2) is 44.0 Å². The molecule has 3 N–H and O–H groups in total. The van der Waals surface area contributed by atoms with E-state index in [1.54, 1.807) is 0 Å². The molecular weight excluding hydrogens is 246 g/mol. The minimum absolute atomic E-state index is 0.0313. The molecule has 0 aromatic carbocycles. The molecule has 0 aliphatic carbocycles. The van der Waals surface area contributed by atoms with E-state index in [1.807, 2.05) is 6.92 Å². The van der Waals surface area contributed by atoms with Gasteiger partial charge in [-0.2, -0.15) is 0 Å². The summed E-state index contributed by atoms with van der Waals surface area (Å²) in [5.41, 5.74) is 0. The third kappa shape index (κ3) is 6.85. The van der Waals surface area contributed by atoms with Gasteiger partial charge in [0.2, 0.25) is 0 Å². The van der Waals surface area contributed by atoms with Crippen molar-refractivity contribution in [3.05, 3.63) is 0 Å². The van der Waals surface area contributed by atoms with Crippen LogP contribution in [0, 0.1) is 5.92 Å². The molecule has 0 bridgehead atoms. The standard InChI is InChI=1S/C10H17NO5S/c1-2-3-8(17)11(16)6-7(10(14)15)4-5-9(12)13/h7,16H,2-6H2,1H3,(H,12,13)(H,14,15). The maximum absolute atomic E-state index is 10.9. The minimum Gasteiger partial charge on any atom is -0.481 e. The highest BCUT2D eigenvalue weighted by Gasteiger charge is 2.22. The summed E-state index contributed by atoms with van der Waals surface area (Å²) in [4.78, 5) is 21.5. The lowest BCUT2D eigenvalue weighted by atomic mass is 10.0. The van der Waals surface area contributed by atoms with E-state index in [9.17, 15) is 14.8 Å². The molecule has 1 atom stereocenters. The van der Waals surface area contributed by atoms with Gasteiger partial charge in [-0.25, -0.2) is 5.06 Å². The van der Waals surface area contributed by atoms with Gasteiger partial charge in [0.05, 0.1) is 12.5 Å². The fourth-order valence-corrected chi connectivity index (χ4v) is 1.52. The number of carboxylic acids is 2. The number of nitrogens with zero attached hydrogens (tertiary/aromatic N) is 1. The molecule has 0 amide bonds. The minimum atomic E-state index is -1.13. The van der Waals surface area contributed by atoms with Crippen molar-refractivity contribution in [1.29, 1.82) is 0 Å². The molecule has 0 spiro atoms. The van der Waals surface area contributed by atoms with Gasteiger partial charge in [-0.05, 0) is 19.3 Å². The third-order valence-corrected chi connectivity index (χ3v) is 2.62. The normalized spacial score (nSPS) is 11.9. The van der Waals surface area contributed by atoms with E-state index in [2.05, 4.69) is 0 Å². The lowest BCUT2D eigenvalue weighted by molar-refractivity contribution is -0.146. The highest BCUT2D eigenvalue weighted by molar-refractivity contribution is 7.80. The molecule has 6 nitrogen and oxygen atoms in total. The molecule has 0 aliphatic rings. The molecule has 0 aromatic rings. The number of hydroxylamine groups is 2. The molecule has 0 aromatic heterocycles. The van der Waals surface area contributed by atoms with Crippen molar-refractivity contribution in [3.63, 3.8) is 0 Å². The molecule has 0 heterocycles. The third-order valence-electron chi connectivity index (χ3n) is 2.20. The van der Waals surface area contributed by atoms with E-state index >= 15 is 0 Å². The number of hydrogen-bond donors (Lipinski definition) is 3. The van der Waals surface area contributed by atoms with Crippen LogP contribution in [0.4, 0.5) is 0 Å². The van der Waals surface area contributed by atoms with Crippen LogP contribution in [0.3, 0.4) is 0 Å². The summed E-state index contributed by atoms with van der Waals surface area (Å²) in [6, 6.07) is 0. The van der Waals surface area contributed by atoms with Gasteiger partial charge in [0.25, 0.3) is 0 Å². The van der Waals surface area contributed by atoms with Gasteiger partial charge in [-0.3, -0.25) is 14.8 Å². The molecule has 0 aliphatic heterocycles. The summed E-state index contributed by atoms with van der Waals surface area (Å²) in [6.45, 7) is 1.71. The summed E-state index contributed by atoms with van der Waals surface area (Å²) < 4.78 is 0. The van der Waals surface area contributed by atoms with Crippen molar-refractivity contribution < 1.29 is 25.0 Å². The Balaban J connectivity index is 4.28. The first-order valence-corrected chi connectivity index (χ1v) is 5.73. The van der Waals surface area contributed by atoms with Crippen molar-refractivity contribution in [2.75, 3.05) is 6.54 Å². The summed E-state index contributed by atoms with van der Waals surface area (Å²) >= 11 is 4.88. The zero-order valence-corrected chi connectivity index (χ0v) is 10.4. The summed E-state index contributed by atoms with van der Waals surface area (Å²) in [5.74, 6) is -3.13. The Morgan fingerprint density at radius 1 is 1.29 bits per heavy atom. The molecule has 7 heteroatoms. The molecule has 1 unspecified atom stereocenters. The Hall–Kier alpha value is -1.21. The van der Waals surface area contributed by atoms with Crippen LogP contribution in [0.15, 0.2) is 0 Å². The summed E-state index contributed by atoms with van der Waals surface area (Å²) in [5, 5.41) is 27.6. The van der Waals surface area contributed by atoms with Crippen molar-refractivity contribution in [1.82, 2.24) is 5.06 Å². The fraction of sp³-hybridized carbons (Fsp3) is 0.700. The first-order valence-electron chi connectivity index (χ1n) is 5.32. The molecule has 0 saturated heterocycles.